The van der Waals surface area contributed by atoms with E-state index in [1.165, 1.54) is 17.8 Å². The molecule has 0 saturated heterocycles. The maximum atomic E-state index is 13.6. The Morgan fingerprint density at radius 1 is 0.971 bits per heavy atom. The number of methoxy groups -OCH3 is 1. The van der Waals surface area contributed by atoms with Gasteiger partial charge in [-0.1, -0.05) is 36.0 Å². The van der Waals surface area contributed by atoms with E-state index in [9.17, 15) is 9.59 Å². The van der Waals surface area contributed by atoms with Gasteiger partial charge in [0.25, 0.3) is 5.56 Å². The number of rotatable bonds is 7. The fourth-order valence-corrected chi connectivity index (χ4v) is 4.94. The topological polar surface area (TPSA) is 83.6 Å². The summed E-state index contributed by atoms with van der Waals surface area (Å²) in [4.78, 5) is 30.7. The monoisotopic (exact) mass is 486 g/mol. The van der Waals surface area contributed by atoms with Crippen LogP contribution in [0.5, 0.6) is 11.5 Å². The highest BCUT2D eigenvalue weighted by molar-refractivity contribution is 7.98. The van der Waals surface area contributed by atoms with Gasteiger partial charge in [-0.3, -0.25) is 9.36 Å². The van der Waals surface area contributed by atoms with Crippen LogP contribution in [0.2, 0.25) is 0 Å². The number of ether oxygens (including phenoxy) is 2. The number of hydrogen-bond acceptors (Lipinski definition) is 7. The van der Waals surface area contributed by atoms with Crippen molar-refractivity contribution in [1.29, 1.82) is 0 Å². The van der Waals surface area contributed by atoms with Crippen LogP contribution in [-0.4, -0.2) is 23.3 Å². The first-order valence-electron chi connectivity index (χ1n) is 11.1. The summed E-state index contributed by atoms with van der Waals surface area (Å²) in [6, 6.07) is 21.5. The molecule has 0 N–H and O–H groups in total. The SMILES string of the molecule is CCOc1ccccc1-n1c(SCc2cc(=O)oc3cc(OC)ccc23)nc2ccccc2c1=O. The summed E-state index contributed by atoms with van der Waals surface area (Å²) in [6.07, 6.45) is 0. The third-order valence-corrected chi connectivity index (χ3v) is 6.53. The minimum atomic E-state index is -0.452. The molecule has 0 unspecified atom stereocenters. The van der Waals surface area contributed by atoms with Crippen LogP contribution in [0.4, 0.5) is 0 Å². The van der Waals surface area contributed by atoms with Crippen LogP contribution in [-0.2, 0) is 5.75 Å². The summed E-state index contributed by atoms with van der Waals surface area (Å²) in [7, 11) is 1.56. The zero-order valence-electron chi connectivity index (χ0n) is 19.2. The van der Waals surface area contributed by atoms with Crippen molar-refractivity contribution in [2.75, 3.05) is 13.7 Å². The van der Waals surface area contributed by atoms with Gasteiger partial charge in [0.1, 0.15) is 17.1 Å². The van der Waals surface area contributed by atoms with Gasteiger partial charge in [-0.15, -0.1) is 0 Å². The van der Waals surface area contributed by atoms with Gasteiger partial charge in [0.2, 0.25) is 0 Å². The van der Waals surface area contributed by atoms with Crippen molar-refractivity contribution in [1.82, 2.24) is 9.55 Å². The van der Waals surface area contributed by atoms with Crippen molar-refractivity contribution < 1.29 is 13.9 Å². The molecule has 0 saturated carbocycles. The molecule has 0 aliphatic carbocycles. The molecule has 0 atom stereocenters. The Labute approximate surface area is 204 Å². The predicted molar refractivity (Wildman–Crippen MR) is 137 cm³/mol. The molecule has 7 nitrogen and oxygen atoms in total. The maximum Gasteiger partial charge on any atom is 0.336 e. The van der Waals surface area contributed by atoms with Crippen molar-refractivity contribution in [3.05, 3.63) is 99.1 Å². The molecule has 0 aliphatic rings. The molecule has 0 amide bonds. The van der Waals surface area contributed by atoms with E-state index in [0.717, 1.165) is 10.9 Å². The third-order valence-electron chi connectivity index (χ3n) is 5.55. The molecule has 0 spiro atoms. The average Bonchev–Trinajstić information content (AvgIpc) is 2.87. The molecule has 0 fully saturated rings. The minimum absolute atomic E-state index is 0.188. The van der Waals surface area contributed by atoms with Crippen molar-refractivity contribution in [3.8, 4) is 17.2 Å². The van der Waals surface area contributed by atoms with Crippen LogP contribution >= 0.6 is 11.8 Å². The molecular formula is C27H22N2O5S. The molecule has 0 bridgehead atoms. The lowest BCUT2D eigenvalue weighted by Crippen LogP contribution is -2.22. The Balaban J connectivity index is 1.65. The number of thioether (sulfide) groups is 1. The first-order valence-corrected chi connectivity index (χ1v) is 12.0. The van der Waals surface area contributed by atoms with Gasteiger partial charge >= 0.3 is 5.63 Å². The Morgan fingerprint density at radius 3 is 2.60 bits per heavy atom. The molecule has 2 aromatic heterocycles. The van der Waals surface area contributed by atoms with Crippen molar-refractivity contribution in [2.24, 2.45) is 0 Å². The summed E-state index contributed by atoms with van der Waals surface area (Å²) in [5, 5.41) is 1.80. The van der Waals surface area contributed by atoms with E-state index in [1.54, 1.807) is 23.8 Å². The van der Waals surface area contributed by atoms with E-state index < -0.39 is 5.63 Å². The third kappa shape index (κ3) is 4.40. The first-order chi connectivity index (χ1) is 17.1. The Morgan fingerprint density at radius 2 is 1.77 bits per heavy atom. The lowest BCUT2D eigenvalue weighted by molar-refractivity contribution is 0.338. The second-order valence-electron chi connectivity index (χ2n) is 7.69. The number of fused-ring (bicyclic) bond motifs is 2. The van der Waals surface area contributed by atoms with Crippen LogP contribution < -0.4 is 20.7 Å². The molecule has 3 aromatic carbocycles. The number of aromatic nitrogens is 2. The zero-order valence-corrected chi connectivity index (χ0v) is 20.0. The first kappa shape index (κ1) is 22.7. The van der Waals surface area contributed by atoms with Gasteiger partial charge in [-0.2, -0.15) is 0 Å². The van der Waals surface area contributed by atoms with E-state index in [1.807, 2.05) is 61.5 Å². The van der Waals surface area contributed by atoms with Crippen LogP contribution in [0.1, 0.15) is 12.5 Å². The van der Waals surface area contributed by atoms with E-state index in [0.29, 0.717) is 51.2 Å². The molecule has 5 aromatic rings. The van der Waals surface area contributed by atoms with Gasteiger partial charge in [0, 0.05) is 23.3 Å². The molecule has 176 valence electrons. The van der Waals surface area contributed by atoms with Gasteiger partial charge in [-0.25, -0.2) is 9.78 Å². The Kier molecular flexibility index (Phi) is 6.29. The Hall–Kier alpha value is -4.04. The molecule has 8 heteroatoms. The largest absolute Gasteiger partial charge is 0.497 e. The minimum Gasteiger partial charge on any atom is -0.497 e. The lowest BCUT2D eigenvalue weighted by atomic mass is 10.1. The highest BCUT2D eigenvalue weighted by Crippen LogP contribution is 2.31. The smallest absolute Gasteiger partial charge is 0.336 e. The quantitative estimate of drug-likeness (QED) is 0.178. The summed E-state index contributed by atoms with van der Waals surface area (Å²) in [5.74, 6) is 1.59. The highest BCUT2D eigenvalue weighted by atomic mass is 32.2. The van der Waals surface area contributed by atoms with Gasteiger partial charge in [-0.05, 0) is 48.9 Å². The molecular weight excluding hydrogens is 464 g/mol. The summed E-state index contributed by atoms with van der Waals surface area (Å²) in [6.45, 7) is 2.36. The molecule has 35 heavy (non-hydrogen) atoms. The normalized spacial score (nSPS) is 11.1. The van der Waals surface area contributed by atoms with Crippen molar-refractivity contribution in [2.45, 2.75) is 17.8 Å². The van der Waals surface area contributed by atoms with Crippen LogP contribution in [0.3, 0.4) is 0 Å². The van der Waals surface area contributed by atoms with Crippen molar-refractivity contribution in [3.63, 3.8) is 0 Å². The molecule has 0 radical (unpaired) electrons. The number of para-hydroxylation sites is 3. The molecule has 2 heterocycles. The van der Waals surface area contributed by atoms with Crippen LogP contribution in [0.15, 0.2) is 92.0 Å². The second kappa shape index (κ2) is 9.68. The summed E-state index contributed by atoms with van der Waals surface area (Å²) < 4.78 is 18.0. The summed E-state index contributed by atoms with van der Waals surface area (Å²) in [5.41, 5.74) is 1.79. The second-order valence-corrected chi connectivity index (χ2v) is 8.64. The number of nitrogens with zero attached hydrogens (tertiary/aromatic N) is 2. The fourth-order valence-electron chi connectivity index (χ4n) is 3.94. The molecule has 5 rings (SSSR count). The van der Waals surface area contributed by atoms with Crippen molar-refractivity contribution >= 4 is 33.6 Å². The highest BCUT2D eigenvalue weighted by Gasteiger charge is 2.17. The van der Waals surface area contributed by atoms with E-state index in [2.05, 4.69) is 0 Å². The fraction of sp³-hybridized carbons (Fsp3) is 0.148. The van der Waals surface area contributed by atoms with E-state index in [4.69, 9.17) is 18.9 Å². The van der Waals surface area contributed by atoms with Gasteiger partial charge in [0.15, 0.2) is 5.16 Å². The average molecular weight is 487 g/mol. The van der Waals surface area contributed by atoms with Crippen LogP contribution in [0, 0.1) is 0 Å². The maximum absolute atomic E-state index is 13.6. The summed E-state index contributed by atoms with van der Waals surface area (Å²) >= 11 is 1.37. The number of hydrogen-bond donors (Lipinski definition) is 0. The number of benzene rings is 3. The predicted octanol–water partition coefficient (Wildman–Crippen LogP) is 5.19. The van der Waals surface area contributed by atoms with E-state index in [-0.39, 0.29) is 5.56 Å². The van der Waals surface area contributed by atoms with Gasteiger partial charge < -0.3 is 13.9 Å². The van der Waals surface area contributed by atoms with E-state index >= 15 is 0 Å². The van der Waals surface area contributed by atoms with Gasteiger partial charge in [0.05, 0.1) is 30.3 Å². The Bertz CT molecular complexity index is 1660. The van der Waals surface area contributed by atoms with Crippen LogP contribution in [0.25, 0.3) is 27.6 Å². The lowest BCUT2D eigenvalue weighted by Gasteiger charge is -2.16. The zero-order chi connectivity index (χ0) is 24.4. The standard InChI is InChI=1S/C27H22N2O5S/c1-3-33-23-11-7-6-10-22(23)29-26(31)20-8-4-5-9-21(20)28-27(29)35-16-17-14-25(30)34-24-15-18(32-2)12-13-19(17)24/h4-15H,3,16H2,1-2H3. The molecule has 0 aliphatic heterocycles.